The molecule has 2 heterocycles. The summed E-state index contributed by atoms with van der Waals surface area (Å²) in [6, 6.07) is 5.29. The van der Waals surface area contributed by atoms with Gasteiger partial charge in [0.05, 0.1) is 11.1 Å². The van der Waals surface area contributed by atoms with Crippen LogP contribution in [0.3, 0.4) is 0 Å². The van der Waals surface area contributed by atoms with Gasteiger partial charge in [-0.3, -0.25) is 20.1 Å². The van der Waals surface area contributed by atoms with Gasteiger partial charge >= 0.3 is 6.18 Å². The summed E-state index contributed by atoms with van der Waals surface area (Å²) in [5.41, 5.74) is 7.15. The zero-order valence-corrected chi connectivity index (χ0v) is 25.2. The quantitative estimate of drug-likeness (QED) is 0.162. The minimum Gasteiger partial charge on any atom is -0.383 e. The molecule has 0 bridgehead atoms. The number of nitrogens with zero attached hydrogens (tertiary/aromatic N) is 3. The van der Waals surface area contributed by atoms with Crippen LogP contribution in [0.15, 0.2) is 52.7 Å². The molecule has 11 heteroatoms. The molecule has 1 aromatic carbocycles. The molecule has 2 aromatic rings. The molecule has 0 saturated carbocycles. The summed E-state index contributed by atoms with van der Waals surface area (Å²) in [6.07, 6.45) is -1.41. The first-order valence-electron chi connectivity index (χ1n) is 13.5. The van der Waals surface area contributed by atoms with Crippen molar-refractivity contribution in [3.05, 3.63) is 80.7 Å². The molecule has 1 saturated heterocycles. The lowest BCUT2D eigenvalue weighted by Gasteiger charge is -2.33. The maximum atomic E-state index is 14.0. The van der Waals surface area contributed by atoms with Crippen LogP contribution in [0.25, 0.3) is 0 Å². The van der Waals surface area contributed by atoms with Gasteiger partial charge in [0, 0.05) is 55.2 Å². The van der Waals surface area contributed by atoms with Gasteiger partial charge in [0.1, 0.15) is 11.5 Å². The molecule has 0 radical (unpaired) electrons. The number of amides is 1. The summed E-state index contributed by atoms with van der Waals surface area (Å²) in [4.78, 5) is 21.3. The SMILES string of the molecule is CC(/C=C(/Cl)C(C)C)=C(/C#Cc1cc(C(=O)Nc2ccc(CN3CCN(C)CC3)c(C(F)(F)F)c2)ncc1C)C(=N)N. The van der Waals surface area contributed by atoms with Crippen molar-refractivity contribution in [1.29, 1.82) is 5.41 Å². The predicted octanol–water partition coefficient (Wildman–Crippen LogP) is 5.79. The number of likely N-dealkylation sites (N-methyl/N-ethyl adjacent to an activating group) is 1. The Hall–Kier alpha value is -3.65. The summed E-state index contributed by atoms with van der Waals surface area (Å²) in [5, 5.41) is 11.1. The summed E-state index contributed by atoms with van der Waals surface area (Å²) in [6.45, 7) is 10.5. The van der Waals surface area contributed by atoms with Gasteiger partial charge in [0.15, 0.2) is 0 Å². The zero-order valence-electron chi connectivity index (χ0n) is 24.4. The smallest absolute Gasteiger partial charge is 0.383 e. The maximum Gasteiger partial charge on any atom is 0.416 e. The van der Waals surface area contributed by atoms with Crippen molar-refractivity contribution in [1.82, 2.24) is 14.8 Å². The number of amidine groups is 1. The highest BCUT2D eigenvalue weighted by Gasteiger charge is 2.34. The Bertz CT molecular complexity index is 1460. The minimum absolute atomic E-state index is 0.00991. The molecule has 0 unspecified atom stereocenters. The van der Waals surface area contributed by atoms with Gasteiger partial charge in [0.25, 0.3) is 5.91 Å². The largest absolute Gasteiger partial charge is 0.416 e. The molecule has 1 aliphatic heterocycles. The average Bonchev–Trinajstić information content (AvgIpc) is 2.90. The minimum atomic E-state index is -4.58. The third-order valence-corrected chi connectivity index (χ3v) is 7.44. The number of aromatic nitrogens is 1. The standard InChI is InChI=1S/C31H36ClF3N6O/c1-19(2)27(32)14-20(3)25(29(36)37)9-7-22-15-28(38-17-21(22)4)30(42)39-24-8-6-23(26(16-24)31(33,34)35)18-41-12-10-40(5)11-13-41/h6,8,14-17,19H,10-13,18H2,1-5H3,(H3,36,37)(H,39,42)/b25-20+,27-14+. The molecule has 224 valence electrons. The molecule has 0 aliphatic carbocycles. The van der Waals surface area contributed by atoms with E-state index in [1.54, 1.807) is 19.9 Å². The number of piperazine rings is 1. The number of rotatable bonds is 7. The Morgan fingerprint density at radius 1 is 1.24 bits per heavy atom. The lowest BCUT2D eigenvalue weighted by Crippen LogP contribution is -2.44. The van der Waals surface area contributed by atoms with E-state index < -0.39 is 17.6 Å². The molecular formula is C31H36ClF3N6O. The topological polar surface area (TPSA) is 98.3 Å². The molecule has 0 spiro atoms. The Balaban J connectivity index is 1.86. The Morgan fingerprint density at radius 2 is 1.90 bits per heavy atom. The van der Waals surface area contributed by atoms with Crippen molar-refractivity contribution in [2.75, 3.05) is 38.5 Å². The number of alkyl halides is 3. The lowest BCUT2D eigenvalue weighted by atomic mass is 10.0. The van der Waals surface area contributed by atoms with Crippen LogP contribution in [0.5, 0.6) is 0 Å². The van der Waals surface area contributed by atoms with E-state index >= 15 is 0 Å². The number of anilines is 1. The van der Waals surface area contributed by atoms with Crippen molar-refractivity contribution in [2.24, 2.45) is 11.7 Å². The second kappa shape index (κ2) is 14.0. The van der Waals surface area contributed by atoms with Gasteiger partial charge in [-0.1, -0.05) is 43.4 Å². The van der Waals surface area contributed by atoms with Crippen LogP contribution in [0, 0.1) is 30.1 Å². The number of halogens is 4. The van der Waals surface area contributed by atoms with Crippen LogP contribution in [-0.4, -0.2) is 59.8 Å². The number of allylic oxidation sites excluding steroid dienone is 3. The van der Waals surface area contributed by atoms with E-state index in [0.29, 0.717) is 34.8 Å². The molecule has 1 fully saturated rings. The number of pyridine rings is 1. The Kier molecular flexibility index (Phi) is 11.0. The number of hydrogen-bond acceptors (Lipinski definition) is 5. The van der Waals surface area contributed by atoms with Gasteiger partial charge in [-0.05, 0) is 67.8 Å². The van der Waals surface area contributed by atoms with Crippen molar-refractivity contribution in [2.45, 2.75) is 40.4 Å². The highest BCUT2D eigenvalue weighted by atomic mass is 35.5. The first-order valence-corrected chi connectivity index (χ1v) is 13.9. The third kappa shape index (κ3) is 8.92. The normalized spacial score (nSPS) is 15.6. The van der Waals surface area contributed by atoms with Crippen LogP contribution >= 0.6 is 11.6 Å². The van der Waals surface area contributed by atoms with Crippen LogP contribution in [0.1, 0.15) is 53.5 Å². The van der Waals surface area contributed by atoms with Crippen molar-refractivity contribution >= 4 is 29.0 Å². The summed E-state index contributed by atoms with van der Waals surface area (Å²) in [7, 11) is 1.98. The molecule has 7 nitrogen and oxygen atoms in total. The van der Waals surface area contributed by atoms with Gasteiger partial charge in [-0.25, -0.2) is 0 Å². The predicted molar refractivity (Wildman–Crippen MR) is 161 cm³/mol. The number of benzene rings is 1. The molecule has 1 amide bonds. The molecule has 4 N–H and O–H groups in total. The number of nitrogens with two attached hydrogens (primary N) is 1. The van der Waals surface area contributed by atoms with Crippen molar-refractivity contribution in [3.8, 4) is 11.8 Å². The van der Waals surface area contributed by atoms with Crippen LogP contribution in [0.2, 0.25) is 0 Å². The second-order valence-corrected chi connectivity index (χ2v) is 11.1. The van der Waals surface area contributed by atoms with E-state index in [1.807, 2.05) is 25.8 Å². The Labute approximate surface area is 250 Å². The first-order chi connectivity index (χ1) is 19.6. The lowest BCUT2D eigenvalue weighted by molar-refractivity contribution is -0.138. The first kappa shape index (κ1) is 32.9. The molecular weight excluding hydrogens is 565 g/mol. The molecule has 1 aromatic heterocycles. The Morgan fingerprint density at radius 3 is 2.50 bits per heavy atom. The number of hydrogen-bond donors (Lipinski definition) is 3. The van der Waals surface area contributed by atoms with Gasteiger partial charge < -0.3 is 16.0 Å². The number of carbonyl (C=O) groups excluding carboxylic acids is 1. The van der Waals surface area contributed by atoms with Crippen LogP contribution < -0.4 is 11.1 Å². The fourth-order valence-corrected chi connectivity index (χ4v) is 4.40. The monoisotopic (exact) mass is 600 g/mol. The molecule has 1 aliphatic rings. The van der Waals surface area contributed by atoms with Gasteiger partial charge in [-0.2, -0.15) is 13.2 Å². The van der Waals surface area contributed by atoms with Crippen LogP contribution in [-0.2, 0) is 12.7 Å². The van der Waals surface area contributed by atoms with E-state index in [1.165, 1.54) is 24.4 Å². The highest BCUT2D eigenvalue weighted by molar-refractivity contribution is 6.30. The van der Waals surface area contributed by atoms with Crippen LogP contribution in [0.4, 0.5) is 18.9 Å². The second-order valence-electron chi connectivity index (χ2n) is 10.7. The molecule has 0 atom stereocenters. The summed E-state index contributed by atoms with van der Waals surface area (Å²) >= 11 is 6.26. The molecule has 3 rings (SSSR count). The van der Waals surface area contributed by atoms with Crippen molar-refractivity contribution < 1.29 is 18.0 Å². The fourth-order valence-electron chi connectivity index (χ4n) is 4.23. The molecule has 42 heavy (non-hydrogen) atoms. The third-order valence-electron chi connectivity index (χ3n) is 6.89. The fraction of sp³-hybridized carbons (Fsp3) is 0.387. The highest BCUT2D eigenvalue weighted by Crippen LogP contribution is 2.34. The van der Waals surface area contributed by atoms with E-state index in [2.05, 4.69) is 27.0 Å². The summed E-state index contributed by atoms with van der Waals surface area (Å²) in [5.74, 6) is 5.01. The number of nitrogens with one attached hydrogen (secondary N) is 2. The number of aryl methyl sites for hydroxylation is 1. The average molecular weight is 601 g/mol. The number of carbonyl (C=O) groups is 1. The zero-order chi connectivity index (χ0) is 31.2. The van der Waals surface area contributed by atoms with E-state index in [9.17, 15) is 18.0 Å². The van der Waals surface area contributed by atoms with E-state index in [-0.39, 0.29) is 40.8 Å². The van der Waals surface area contributed by atoms with Crippen molar-refractivity contribution in [3.63, 3.8) is 0 Å². The maximum absolute atomic E-state index is 14.0. The van der Waals surface area contributed by atoms with E-state index in [0.717, 1.165) is 19.2 Å². The van der Waals surface area contributed by atoms with Gasteiger partial charge in [-0.15, -0.1) is 0 Å². The summed E-state index contributed by atoms with van der Waals surface area (Å²) < 4.78 is 41.9. The van der Waals surface area contributed by atoms with Gasteiger partial charge in [0.2, 0.25) is 0 Å². The van der Waals surface area contributed by atoms with E-state index in [4.69, 9.17) is 22.7 Å².